The van der Waals surface area contributed by atoms with Gasteiger partial charge in [-0.1, -0.05) is 25.5 Å². The van der Waals surface area contributed by atoms with Gasteiger partial charge in [-0.3, -0.25) is 9.59 Å². The number of benzene rings is 1. The monoisotopic (exact) mass is 317 g/mol. The van der Waals surface area contributed by atoms with Gasteiger partial charge in [0.2, 0.25) is 5.91 Å². The molecule has 5 heteroatoms. The molecule has 0 radical (unpaired) electrons. The Balaban J connectivity index is 2.02. The number of para-hydroxylation sites is 1. The first-order valence-electron chi connectivity index (χ1n) is 8.48. The molecule has 2 rings (SSSR count). The van der Waals surface area contributed by atoms with Crippen LogP contribution in [0.2, 0.25) is 0 Å². The highest BCUT2D eigenvalue weighted by Gasteiger charge is 2.24. The molecule has 1 aliphatic heterocycles. The molecule has 126 valence electrons. The van der Waals surface area contributed by atoms with E-state index in [9.17, 15) is 9.59 Å². The number of piperidine rings is 1. The molecule has 1 saturated heterocycles. The molecule has 0 bridgehead atoms. The Morgan fingerprint density at radius 1 is 1.30 bits per heavy atom. The van der Waals surface area contributed by atoms with Crippen molar-refractivity contribution in [1.29, 1.82) is 0 Å². The molecule has 0 aromatic heterocycles. The van der Waals surface area contributed by atoms with Gasteiger partial charge in [0.05, 0.1) is 17.2 Å². The van der Waals surface area contributed by atoms with E-state index in [1.807, 2.05) is 19.2 Å². The number of rotatable bonds is 6. The maximum absolute atomic E-state index is 12.5. The molecule has 1 aromatic rings. The Kier molecular flexibility index (Phi) is 6.59. The smallest absolute Gasteiger partial charge is 0.253 e. The predicted octanol–water partition coefficient (Wildman–Crippen LogP) is 2.50. The van der Waals surface area contributed by atoms with Crippen LogP contribution in [0.25, 0.3) is 0 Å². The van der Waals surface area contributed by atoms with E-state index in [0.717, 1.165) is 38.8 Å². The number of likely N-dealkylation sites (tertiary alicyclic amines) is 1. The second-order valence-electron chi connectivity index (χ2n) is 6.25. The fourth-order valence-electron chi connectivity index (χ4n) is 2.88. The van der Waals surface area contributed by atoms with Gasteiger partial charge in [0.1, 0.15) is 0 Å². The summed E-state index contributed by atoms with van der Waals surface area (Å²) in [6.45, 7) is 4.56. The van der Waals surface area contributed by atoms with Crippen molar-refractivity contribution >= 4 is 17.5 Å². The summed E-state index contributed by atoms with van der Waals surface area (Å²) in [6, 6.07) is 7.20. The highest BCUT2D eigenvalue weighted by atomic mass is 16.2. The van der Waals surface area contributed by atoms with Crippen molar-refractivity contribution < 1.29 is 9.59 Å². The summed E-state index contributed by atoms with van der Waals surface area (Å²) in [4.78, 5) is 26.9. The zero-order valence-corrected chi connectivity index (χ0v) is 14.1. The van der Waals surface area contributed by atoms with Crippen LogP contribution in [0.4, 0.5) is 5.69 Å². The lowest BCUT2D eigenvalue weighted by molar-refractivity contribution is -0.121. The Labute approximate surface area is 138 Å². The van der Waals surface area contributed by atoms with Crippen molar-refractivity contribution in [3.63, 3.8) is 0 Å². The highest BCUT2D eigenvalue weighted by molar-refractivity contribution is 6.04. The molecule has 1 unspecified atom stereocenters. The maximum atomic E-state index is 12.5. The lowest BCUT2D eigenvalue weighted by atomic mass is 9.97. The third kappa shape index (κ3) is 5.06. The minimum atomic E-state index is -0.130. The summed E-state index contributed by atoms with van der Waals surface area (Å²) in [7, 11) is 2.04. The molecule has 1 fully saturated rings. The number of nitrogens with one attached hydrogen (secondary N) is 2. The van der Waals surface area contributed by atoms with E-state index in [2.05, 4.69) is 22.5 Å². The highest BCUT2D eigenvalue weighted by Crippen LogP contribution is 2.20. The summed E-state index contributed by atoms with van der Waals surface area (Å²) < 4.78 is 0. The van der Waals surface area contributed by atoms with Crippen molar-refractivity contribution in [3.8, 4) is 0 Å². The Morgan fingerprint density at radius 3 is 2.83 bits per heavy atom. The second-order valence-corrected chi connectivity index (χ2v) is 6.25. The van der Waals surface area contributed by atoms with Crippen molar-refractivity contribution in [1.82, 2.24) is 10.2 Å². The van der Waals surface area contributed by atoms with E-state index < -0.39 is 0 Å². The Hall–Kier alpha value is -1.88. The van der Waals surface area contributed by atoms with Gasteiger partial charge in [0.25, 0.3) is 5.91 Å². The van der Waals surface area contributed by atoms with E-state index in [0.29, 0.717) is 17.8 Å². The standard InChI is InChI=1S/C18H27N3O2/c1-3-4-11-19-18(23)15-9-5-6-10-16(15)20-17(22)14-8-7-12-21(2)13-14/h5-6,9-10,14H,3-4,7-8,11-13H2,1-2H3,(H,19,23)(H,20,22). The molecule has 23 heavy (non-hydrogen) atoms. The van der Waals surface area contributed by atoms with Crippen LogP contribution in [0.15, 0.2) is 24.3 Å². The molecule has 5 nitrogen and oxygen atoms in total. The molecular weight excluding hydrogens is 290 g/mol. The van der Waals surface area contributed by atoms with E-state index in [1.165, 1.54) is 0 Å². The van der Waals surface area contributed by atoms with Crippen molar-refractivity contribution in [2.45, 2.75) is 32.6 Å². The van der Waals surface area contributed by atoms with Crippen molar-refractivity contribution in [2.24, 2.45) is 5.92 Å². The van der Waals surface area contributed by atoms with E-state index in [1.54, 1.807) is 12.1 Å². The van der Waals surface area contributed by atoms with Crippen LogP contribution < -0.4 is 10.6 Å². The third-order valence-corrected chi connectivity index (χ3v) is 4.24. The molecule has 0 aliphatic carbocycles. The van der Waals surface area contributed by atoms with Gasteiger partial charge in [0, 0.05) is 13.1 Å². The van der Waals surface area contributed by atoms with Crippen LogP contribution in [0.1, 0.15) is 43.0 Å². The van der Waals surface area contributed by atoms with Gasteiger partial charge >= 0.3 is 0 Å². The first kappa shape index (κ1) is 17.5. The fraction of sp³-hybridized carbons (Fsp3) is 0.556. The van der Waals surface area contributed by atoms with Crippen LogP contribution in [-0.4, -0.2) is 43.4 Å². The maximum Gasteiger partial charge on any atom is 0.253 e. The SMILES string of the molecule is CCCCNC(=O)c1ccccc1NC(=O)C1CCCN(C)C1. The first-order valence-corrected chi connectivity index (χ1v) is 8.48. The minimum Gasteiger partial charge on any atom is -0.352 e. The molecular formula is C18H27N3O2. The van der Waals surface area contributed by atoms with Crippen LogP contribution in [-0.2, 0) is 4.79 Å². The van der Waals surface area contributed by atoms with Crippen LogP contribution in [0.5, 0.6) is 0 Å². The molecule has 1 heterocycles. The summed E-state index contributed by atoms with van der Waals surface area (Å²) in [5.74, 6) is -0.134. The number of unbranched alkanes of at least 4 members (excludes halogenated alkanes) is 1. The minimum absolute atomic E-state index is 0.00496. The largest absolute Gasteiger partial charge is 0.352 e. The predicted molar refractivity (Wildman–Crippen MR) is 92.5 cm³/mol. The number of anilines is 1. The fourth-order valence-corrected chi connectivity index (χ4v) is 2.88. The lowest BCUT2D eigenvalue weighted by Gasteiger charge is -2.28. The second kappa shape index (κ2) is 8.67. The van der Waals surface area contributed by atoms with E-state index in [4.69, 9.17) is 0 Å². The summed E-state index contributed by atoms with van der Waals surface area (Å²) >= 11 is 0. The molecule has 1 aromatic carbocycles. The van der Waals surface area contributed by atoms with Gasteiger partial charge in [-0.05, 0) is 45.0 Å². The quantitative estimate of drug-likeness (QED) is 0.793. The molecule has 2 N–H and O–H groups in total. The third-order valence-electron chi connectivity index (χ3n) is 4.24. The van der Waals surface area contributed by atoms with Gasteiger partial charge in [-0.2, -0.15) is 0 Å². The van der Waals surface area contributed by atoms with Gasteiger partial charge in [0.15, 0.2) is 0 Å². The van der Waals surface area contributed by atoms with Crippen LogP contribution >= 0.6 is 0 Å². The molecule has 1 aliphatic rings. The Morgan fingerprint density at radius 2 is 2.09 bits per heavy atom. The van der Waals surface area contributed by atoms with Crippen molar-refractivity contribution in [3.05, 3.63) is 29.8 Å². The zero-order valence-electron chi connectivity index (χ0n) is 14.1. The molecule has 0 spiro atoms. The average Bonchev–Trinajstić information content (AvgIpc) is 2.55. The molecule has 0 saturated carbocycles. The van der Waals surface area contributed by atoms with Crippen molar-refractivity contribution in [2.75, 3.05) is 32.0 Å². The average molecular weight is 317 g/mol. The first-order chi connectivity index (χ1) is 11.1. The number of carbonyl (C=O) groups is 2. The van der Waals surface area contributed by atoms with E-state index in [-0.39, 0.29) is 17.7 Å². The summed E-state index contributed by atoms with van der Waals surface area (Å²) in [6.07, 6.45) is 3.93. The summed E-state index contributed by atoms with van der Waals surface area (Å²) in [5, 5.41) is 5.85. The van der Waals surface area contributed by atoms with Crippen LogP contribution in [0, 0.1) is 5.92 Å². The Bertz CT molecular complexity index is 545. The normalized spacial score (nSPS) is 18.4. The topological polar surface area (TPSA) is 61.4 Å². The number of carbonyl (C=O) groups excluding carboxylic acids is 2. The lowest BCUT2D eigenvalue weighted by Crippen LogP contribution is -2.38. The number of hydrogen-bond acceptors (Lipinski definition) is 3. The van der Waals surface area contributed by atoms with E-state index >= 15 is 0 Å². The van der Waals surface area contributed by atoms with Crippen LogP contribution in [0.3, 0.4) is 0 Å². The van der Waals surface area contributed by atoms with Gasteiger partial charge in [-0.25, -0.2) is 0 Å². The number of hydrogen-bond donors (Lipinski definition) is 2. The number of amides is 2. The van der Waals surface area contributed by atoms with Gasteiger partial charge < -0.3 is 15.5 Å². The molecule has 1 atom stereocenters. The number of nitrogens with zero attached hydrogens (tertiary/aromatic N) is 1. The zero-order chi connectivity index (χ0) is 16.7. The molecule has 2 amide bonds. The van der Waals surface area contributed by atoms with Gasteiger partial charge in [-0.15, -0.1) is 0 Å². The summed E-state index contributed by atoms with van der Waals surface area (Å²) in [5.41, 5.74) is 1.13.